The highest BCUT2D eigenvalue weighted by Crippen LogP contribution is 2.23. The number of nitrogens with zero attached hydrogens (tertiary/aromatic N) is 1. The molecule has 0 radical (unpaired) electrons. The number of likely N-dealkylation sites (N-methyl/N-ethyl adjacent to an activating group) is 1. The Hall–Kier alpha value is -1.74. The lowest BCUT2D eigenvalue weighted by atomic mass is 10.3. The molecular weight excluding hydrogens is 346 g/mol. The van der Waals surface area contributed by atoms with Crippen LogP contribution in [0.15, 0.2) is 46.7 Å². The van der Waals surface area contributed by atoms with Crippen molar-refractivity contribution >= 4 is 33.0 Å². The van der Waals surface area contributed by atoms with Gasteiger partial charge in [-0.15, -0.1) is 11.3 Å². The van der Waals surface area contributed by atoms with Crippen LogP contribution >= 0.6 is 11.3 Å². The fraction of sp³-hybridized carbons (Fsp3) is 0.312. The van der Waals surface area contributed by atoms with E-state index in [4.69, 9.17) is 0 Å². The average Bonchev–Trinajstić information content (AvgIpc) is 3.07. The van der Waals surface area contributed by atoms with E-state index in [9.17, 15) is 13.2 Å². The van der Waals surface area contributed by atoms with Crippen LogP contribution in [0.1, 0.15) is 9.67 Å². The van der Waals surface area contributed by atoms with Crippen LogP contribution in [0.2, 0.25) is 0 Å². The summed E-state index contributed by atoms with van der Waals surface area (Å²) in [5.41, 5.74) is 0.683. The van der Waals surface area contributed by atoms with Gasteiger partial charge >= 0.3 is 0 Å². The van der Waals surface area contributed by atoms with Gasteiger partial charge in [0, 0.05) is 11.1 Å². The van der Waals surface area contributed by atoms with Gasteiger partial charge in [0.25, 0.3) is 5.91 Å². The van der Waals surface area contributed by atoms with Crippen molar-refractivity contribution in [2.45, 2.75) is 4.90 Å². The number of carbonyl (C=O) groups excluding carboxylic acids is 1. The number of hydrogen-bond acceptors (Lipinski definition) is 4. The smallest absolute Gasteiger partial charge is 0.265 e. The molecule has 2 heterocycles. The first-order valence-corrected chi connectivity index (χ1v) is 10.0. The number of benzene rings is 1. The van der Waals surface area contributed by atoms with E-state index in [1.54, 1.807) is 17.5 Å². The van der Waals surface area contributed by atoms with Gasteiger partial charge in [-0.1, -0.05) is 18.2 Å². The average molecular weight is 366 g/mol. The molecule has 0 unspecified atom stereocenters. The Morgan fingerprint density at radius 1 is 1.21 bits per heavy atom. The maximum Gasteiger partial charge on any atom is 0.265 e. The topological polar surface area (TPSA) is 70.9 Å². The predicted molar refractivity (Wildman–Crippen MR) is 94.1 cm³/mol. The van der Waals surface area contributed by atoms with Crippen molar-refractivity contribution in [1.29, 1.82) is 0 Å². The first kappa shape index (κ1) is 17.1. The summed E-state index contributed by atoms with van der Waals surface area (Å²) in [7, 11) is -1.46. The lowest BCUT2D eigenvalue weighted by Gasteiger charge is -2.28. The molecule has 0 bridgehead atoms. The quantitative estimate of drug-likeness (QED) is 0.829. The molecule has 0 atom stereocenters. The number of piperazine rings is 1. The maximum absolute atomic E-state index is 12.7. The summed E-state index contributed by atoms with van der Waals surface area (Å²) in [6.07, 6.45) is 0. The maximum atomic E-state index is 12.7. The van der Waals surface area contributed by atoms with Crippen molar-refractivity contribution in [2.75, 3.05) is 38.5 Å². The SMILES string of the molecule is C[NH+]1CCN(S(=O)(=O)c2csc(C(=O)Nc3ccccc3)c2)CC1. The molecule has 2 N–H and O–H groups in total. The number of sulfonamides is 1. The van der Waals surface area contributed by atoms with Crippen molar-refractivity contribution in [1.82, 2.24) is 4.31 Å². The van der Waals surface area contributed by atoms with Gasteiger partial charge in [0.1, 0.15) is 0 Å². The molecule has 1 amide bonds. The lowest BCUT2D eigenvalue weighted by Crippen LogP contribution is -3.12. The summed E-state index contributed by atoms with van der Waals surface area (Å²) < 4.78 is 26.9. The van der Waals surface area contributed by atoms with Gasteiger partial charge in [0.05, 0.1) is 43.0 Å². The Bertz CT molecular complexity index is 810. The summed E-state index contributed by atoms with van der Waals surface area (Å²) >= 11 is 1.15. The van der Waals surface area contributed by atoms with Gasteiger partial charge in [-0.25, -0.2) is 8.42 Å². The molecule has 1 saturated heterocycles. The molecule has 0 aliphatic carbocycles. The molecule has 6 nitrogen and oxygen atoms in total. The van der Waals surface area contributed by atoms with Crippen molar-refractivity contribution in [3.8, 4) is 0 Å². The van der Waals surface area contributed by atoms with Crippen LogP contribution in [-0.4, -0.2) is 51.9 Å². The van der Waals surface area contributed by atoms with Gasteiger partial charge in [-0.2, -0.15) is 4.31 Å². The highest BCUT2D eigenvalue weighted by atomic mass is 32.2. The molecule has 1 aliphatic rings. The molecule has 2 aromatic rings. The summed E-state index contributed by atoms with van der Waals surface area (Å²) in [5.74, 6) is -0.296. The summed E-state index contributed by atoms with van der Waals surface area (Å²) in [6.45, 7) is 2.61. The molecule has 0 spiro atoms. The highest BCUT2D eigenvalue weighted by Gasteiger charge is 2.30. The number of hydrogen-bond donors (Lipinski definition) is 2. The fourth-order valence-corrected chi connectivity index (χ4v) is 5.14. The Labute approximate surface area is 145 Å². The number of anilines is 1. The molecule has 128 valence electrons. The van der Waals surface area contributed by atoms with Crippen molar-refractivity contribution in [3.05, 3.63) is 46.7 Å². The largest absolute Gasteiger partial charge is 0.335 e. The minimum absolute atomic E-state index is 0.199. The van der Waals surface area contributed by atoms with E-state index < -0.39 is 10.0 Å². The standard InChI is InChI=1S/C16H19N3O3S2/c1-18-7-9-19(10-8-18)24(21,22)14-11-15(23-12-14)16(20)17-13-5-3-2-4-6-13/h2-6,11-12H,7-10H2,1H3,(H,17,20)/p+1. The summed E-state index contributed by atoms with van der Waals surface area (Å²) in [6, 6.07) is 10.6. The second-order valence-electron chi connectivity index (χ2n) is 5.83. The van der Waals surface area contributed by atoms with Crippen LogP contribution < -0.4 is 10.2 Å². The second-order valence-corrected chi connectivity index (χ2v) is 8.68. The second kappa shape index (κ2) is 7.02. The fourth-order valence-electron chi connectivity index (χ4n) is 2.54. The monoisotopic (exact) mass is 366 g/mol. The zero-order valence-electron chi connectivity index (χ0n) is 13.4. The Morgan fingerprint density at radius 2 is 1.88 bits per heavy atom. The van der Waals surface area contributed by atoms with Gasteiger partial charge < -0.3 is 10.2 Å². The Morgan fingerprint density at radius 3 is 2.54 bits per heavy atom. The number of amides is 1. The molecule has 0 saturated carbocycles. The number of thiophene rings is 1. The summed E-state index contributed by atoms with van der Waals surface area (Å²) in [5, 5.41) is 4.31. The zero-order chi connectivity index (χ0) is 17.2. The molecule has 8 heteroatoms. The Balaban J connectivity index is 1.74. The van der Waals surface area contributed by atoms with E-state index in [0.29, 0.717) is 23.7 Å². The third-order valence-corrected chi connectivity index (χ3v) is 7.00. The van der Waals surface area contributed by atoms with E-state index in [1.807, 2.05) is 18.2 Å². The van der Waals surface area contributed by atoms with Crippen LogP contribution in [0.4, 0.5) is 5.69 Å². The normalized spacial score (nSPS) is 16.9. The number of carbonyl (C=O) groups is 1. The number of para-hydroxylation sites is 1. The van der Waals surface area contributed by atoms with E-state index in [0.717, 1.165) is 24.4 Å². The number of rotatable bonds is 4. The van der Waals surface area contributed by atoms with Gasteiger partial charge in [0.2, 0.25) is 10.0 Å². The van der Waals surface area contributed by atoms with E-state index in [1.165, 1.54) is 15.3 Å². The van der Waals surface area contributed by atoms with E-state index in [-0.39, 0.29) is 10.8 Å². The van der Waals surface area contributed by atoms with E-state index in [2.05, 4.69) is 12.4 Å². The number of quaternary nitrogens is 1. The molecule has 1 aromatic carbocycles. The van der Waals surface area contributed by atoms with Crippen LogP contribution in [-0.2, 0) is 10.0 Å². The third kappa shape index (κ3) is 3.67. The molecule has 1 fully saturated rings. The molecular formula is C16H20N3O3S2+. The third-order valence-electron chi connectivity index (χ3n) is 4.04. The lowest BCUT2D eigenvalue weighted by molar-refractivity contribution is -0.883. The van der Waals surface area contributed by atoms with Crippen molar-refractivity contribution in [2.24, 2.45) is 0 Å². The van der Waals surface area contributed by atoms with Crippen molar-refractivity contribution in [3.63, 3.8) is 0 Å². The highest BCUT2D eigenvalue weighted by molar-refractivity contribution is 7.89. The van der Waals surface area contributed by atoms with Crippen molar-refractivity contribution < 1.29 is 18.1 Å². The first-order chi connectivity index (χ1) is 11.5. The predicted octanol–water partition coefficient (Wildman–Crippen LogP) is 0.519. The minimum Gasteiger partial charge on any atom is -0.335 e. The van der Waals surface area contributed by atoms with Gasteiger partial charge in [0.15, 0.2) is 0 Å². The first-order valence-electron chi connectivity index (χ1n) is 7.73. The molecule has 1 aliphatic heterocycles. The minimum atomic E-state index is -3.52. The van der Waals surface area contributed by atoms with E-state index >= 15 is 0 Å². The molecule has 3 rings (SSSR count). The van der Waals surface area contributed by atoms with Crippen LogP contribution in [0, 0.1) is 0 Å². The molecule has 1 aromatic heterocycles. The Kier molecular flexibility index (Phi) is 5.00. The van der Waals surface area contributed by atoms with Crippen LogP contribution in [0.5, 0.6) is 0 Å². The molecule has 24 heavy (non-hydrogen) atoms. The van der Waals surface area contributed by atoms with Crippen LogP contribution in [0.25, 0.3) is 0 Å². The van der Waals surface area contributed by atoms with Gasteiger partial charge in [-0.3, -0.25) is 4.79 Å². The number of nitrogens with one attached hydrogen (secondary N) is 2. The summed E-state index contributed by atoms with van der Waals surface area (Å²) in [4.78, 5) is 14.2. The van der Waals surface area contributed by atoms with Crippen LogP contribution in [0.3, 0.4) is 0 Å². The van der Waals surface area contributed by atoms with Gasteiger partial charge in [-0.05, 0) is 18.2 Å². The zero-order valence-corrected chi connectivity index (χ0v) is 15.0.